The number of nitrogens with zero attached hydrogens (tertiary/aromatic N) is 1. The third-order valence-electron chi connectivity index (χ3n) is 0.311. The molecule has 0 bridgehead atoms. The minimum Gasteiger partial charge on any atom is -0.358 e. The van der Waals surface area contributed by atoms with Crippen LogP contribution in [0.3, 0.4) is 0 Å². The van der Waals surface area contributed by atoms with Crippen molar-refractivity contribution in [2.24, 2.45) is 5.34 Å². The van der Waals surface area contributed by atoms with Crippen molar-refractivity contribution in [3.63, 3.8) is 0 Å². The topological polar surface area (TPSA) is 38.7 Å². The fourth-order valence-electron chi connectivity index (χ4n) is 0.112. The molecule has 53 valence electrons. The van der Waals surface area contributed by atoms with Gasteiger partial charge in [0.1, 0.15) is 5.60 Å². The molecular formula is C4H9CuNO2. The molecule has 0 aromatic carbocycles. The summed E-state index contributed by atoms with van der Waals surface area (Å²) in [7, 11) is 0. The van der Waals surface area contributed by atoms with Crippen molar-refractivity contribution in [2.45, 2.75) is 26.4 Å². The predicted molar refractivity (Wildman–Crippen MR) is 26.6 cm³/mol. The molecule has 0 saturated heterocycles. The third-order valence-corrected chi connectivity index (χ3v) is 0.311. The molecular weight excluding hydrogens is 158 g/mol. The zero-order valence-electron chi connectivity index (χ0n) is 5.07. The van der Waals surface area contributed by atoms with Crippen LogP contribution in [0.4, 0.5) is 0 Å². The summed E-state index contributed by atoms with van der Waals surface area (Å²) in [6.45, 7) is 5.28. The molecule has 0 amide bonds. The van der Waals surface area contributed by atoms with Crippen LogP contribution in [0, 0.1) is 4.91 Å². The molecule has 0 aliphatic rings. The number of rotatable bonds is 1. The summed E-state index contributed by atoms with van der Waals surface area (Å²) in [5.74, 6) is 0. The summed E-state index contributed by atoms with van der Waals surface area (Å²) in [6.07, 6.45) is 0. The van der Waals surface area contributed by atoms with E-state index in [2.05, 4.69) is 10.2 Å². The van der Waals surface area contributed by atoms with Crippen LogP contribution in [0.15, 0.2) is 5.34 Å². The molecule has 0 aromatic rings. The van der Waals surface area contributed by atoms with Gasteiger partial charge in [0, 0.05) is 17.1 Å². The first-order valence-electron chi connectivity index (χ1n) is 2.07. The van der Waals surface area contributed by atoms with Crippen LogP contribution in [0.25, 0.3) is 0 Å². The molecule has 0 N–H and O–H groups in total. The van der Waals surface area contributed by atoms with Crippen molar-refractivity contribution < 1.29 is 21.9 Å². The average Bonchev–Trinajstić information content (AvgIpc) is 1.30. The Labute approximate surface area is 59.2 Å². The predicted octanol–water partition coefficient (Wildman–Crippen LogP) is 1.48. The molecule has 0 heterocycles. The van der Waals surface area contributed by atoms with Crippen LogP contribution >= 0.6 is 0 Å². The van der Waals surface area contributed by atoms with Crippen LogP contribution in [-0.2, 0) is 21.9 Å². The van der Waals surface area contributed by atoms with Gasteiger partial charge in [0.15, 0.2) is 5.34 Å². The molecule has 0 saturated carbocycles. The van der Waals surface area contributed by atoms with E-state index in [1.54, 1.807) is 20.8 Å². The quantitative estimate of drug-likeness (QED) is 0.336. The summed E-state index contributed by atoms with van der Waals surface area (Å²) >= 11 is 0. The van der Waals surface area contributed by atoms with E-state index in [1.165, 1.54) is 0 Å². The van der Waals surface area contributed by atoms with E-state index in [9.17, 15) is 4.91 Å². The van der Waals surface area contributed by atoms with Gasteiger partial charge >= 0.3 is 0 Å². The van der Waals surface area contributed by atoms with E-state index < -0.39 is 5.60 Å². The maximum atomic E-state index is 9.35. The van der Waals surface area contributed by atoms with Gasteiger partial charge in [-0.2, -0.15) is 0 Å². The summed E-state index contributed by atoms with van der Waals surface area (Å²) in [5, 5.41) is 2.26. The summed E-state index contributed by atoms with van der Waals surface area (Å²) in [4.78, 5) is 13.6. The van der Waals surface area contributed by atoms with Gasteiger partial charge in [-0.3, -0.25) is 0 Å². The van der Waals surface area contributed by atoms with Gasteiger partial charge in [0.2, 0.25) is 0 Å². The second-order valence-corrected chi connectivity index (χ2v) is 2.28. The molecule has 1 radical (unpaired) electrons. The van der Waals surface area contributed by atoms with E-state index >= 15 is 0 Å². The fourth-order valence-corrected chi connectivity index (χ4v) is 0.112. The fraction of sp³-hybridized carbons (Fsp3) is 1.00. The molecule has 0 aliphatic carbocycles. The Morgan fingerprint density at radius 3 is 1.75 bits per heavy atom. The van der Waals surface area contributed by atoms with Gasteiger partial charge in [-0.25, -0.2) is 0 Å². The van der Waals surface area contributed by atoms with Gasteiger partial charge in [-0.05, 0) is 20.8 Å². The molecule has 0 aromatic heterocycles. The van der Waals surface area contributed by atoms with Crippen molar-refractivity contribution in [3.8, 4) is 0 Å². The summed E-state index contributed by atoms with van der Waals surface area (Å²) in [6, 6.07) is 0. The SMILES string of the molecule is CC(C)(C)ON=O.[Cu]. The second-order valence-electron chi connectivity index (χ2n) is 2.28. The number of hydrogen-bond acceptors (Lipinski definition) is 3. The van der Waals surface area contributed by atoms with E-state index in [0.717, 1.165) is 0 Å². The molecule has 3 nitrogen and oxygen atoms in total. The molecule has 4 heteroatoms. The van der Waals surface area contributed by atoms with Crippen molar-refractivity contribution >= 4 is 0 Å². The van der Waals surface area contributed by atoms with Crippen molar-refractivity contribution in [1.82, 2.24) is 0 Å². The minimum atomic E-state index is -0.429. The largest absolute Gasteiger partial charge is 0.358 e. The molecule has 0 aliphatic heterocycles. The van der Waals surface area contributed by atoms with Crippen LogP contribution in [0.5, 0.6) is 0 Å². The van der Waals surface area contributed by atoms with E-state index in [1.807, 2.05) is 0 Å². The Morgan fingerprint density at radius 1 is 1.38 bits per heavy atom. The number of hydrogen-bond donors (Lipinski definition) is 0. The Bertz CT molecular complexity index is 68.9. The maximum absolute atomic E-state index is 9.35. The van der Waals surface area contributed by atoms with Crippen LogP contribution in [-0.4, -0.2) is 5.60 Å². The Kier molecular flexibility index (Phi) is 5.23. The molecule has 0 atom stereocenters. The van der Waals surface area contributed by atoms with Crippen LogP contribution in [0.1, 0.15) is 20.8 Å². The molecule has 0 rings (SSSR count). The monoisotopic (exact) mass is 166 g/mol. The normalized spacial score (nSPS) is 9.38. The van der Waals surface area contributed by atoms with Gasteiger partial charge in [-0.1, -0.05) is 0 Å². The van der Waals surface area contributed by atoms with E-state index in [-0.39, 0.29) is 17.1 Å². The van der Waals surface area contributed by atoms with Crippen LogP contribution in [0.2, 0.25) is 0 Å². The molecule has 0 fully saturated rings. The molecule has 0 spiro atoms. The zero-order valence-corrected chi connectivity index (χ0v) is 6.01. The van der Waals surface area contributed by atoms with Gasteiger partial charge < -0.3 is 4.84 Å². The first kappa shape index (κ1) is 10.8. The van der Waals surface area contributed by atoms with Crippen molar-refractivity contribution in [1.29, 1.82) is 0 Å². The van der Waals surface area contributed by atoms with E-state index in [4.69, 9.17) is 0 Å². The summed E-state index contributed by atoms with van der Waals surface area (Å²) in [5.41, 5.74) is -0.429. The second kappa shape index (κ2) is 3.87. The Morgan fingerprint density at radius 2 is 1.75 bits per heavy atom. The Hall–Kier alpha value is -0.0805. The summed E-state index contributed by atoms with van der Waals surface area (Å²) < 4.78 is 0. The Balaban J connectivity index is 0. The molecule has 0 unspecified atom stereocenters. The third kappa shape index (κ3) is 9.33. The minimum absolute atomic E-state index is 0. The van der Waals surface area contributed by atoms with Crippen LogP contribution < -0.4 is 0 Å². The average molecular weight is 167 g/mol. The van der Waals surface area contributed by atoms with Crippen molar-refractivity contribution in [2.75, 3.05) is 0 Å². The molecule has 8 heavy (non-hydrogen) atoms. The van der Waals surface area contributed by atoms with Crippen molar-refractivity contribution in [3.05, 3.63) is 4.91 Å². The smallest absolute Gasteiger partial charge is 0.155 e. The maximum Gasteiger partial charge on any atom is 0.155 e. The van der Waals surface area contributed by atoms with Gasteiger partial charge in [0.05, 0.1) is 0 Å². The first-order chi connectivity index (χ1) is 3.06. The van der Waals surface area contributed by atoms with Gasteiger partial charge in [-0.15, -0.1) is 4.91 Å². The van der Waals surface area contributed by atoms with E-state index in [0.29, 0.717) is 0 Å². The first-order valence-corrected chi connectivity index (χ1v) is 2.07. The standard InChI is InChI=1S/C4H9NO2.Cu/c1-4(2,3)7-5-6;/h1-3H3;. The zero-order chi connectivity index (χ0) is 5.91. The van der Waals surface area contributed by atoms with Gasteiger partial charge in [0.25, 0.3) is 0 Å².